The zero-order chi connectivity index (χ0) is 12.2. The molecule has 4 nitrogen and oxygen atoms in total. The average molecular weight is 243 g/mol. The van der Waals surface area contributed by atoms with Gasteiger partial charge in [0.2, 0.25) is 0 Å². The molecule has 0 saturated heterocycles. The first kappa shape index (κ1) is 13.2. The lowest BCUT2D eigenvalue weighted by molar-refractivity contribution is 0.396. The topological polar surface area (TPSA) is 46.6 Å². The summed E-state index contributed by atoms with van der Waals surface area (Å²) in [6.45, 7) is 0.845. The molecule has 0 bridgehead atoms. The van der Waals surface area contributed by atoms with Gasteiger partial charge in [0, 0.05) is 6.54 Å². The molecule has 0 aliphatic rings. The third-order valence-electron chi connectivity index (χ3n) is 2.12. The number of rotatable bonds is 5. The number of hydrogen-bond donors (Lipinski definition) is 0. The molecule has 1 aromatic rings. The fourth-order valence-electron chi connectivity index (χ4n) is 1.37. The lowest BCUT2D eigenvalue weighted by atomic mass is 10.1. The van der Waals surface area contributed by atoms with E-state index < -0.39 is 10.1 Å². The van der Waals surface area contributed by atoms with Crippen molar-refractivity contribution < 1.29 is 12.6 Å². The lowest BCUT2D eigenvalue weighted by Gasteiger charge is -2.09. The maximum atomic E-state index is 11.2. The Morgan fingerprint density at radius 2 is 1.62 bits per heavy atom. The molecule has 16 heavy (non-hydrogen) atoms. The maximum Gasteiger partial charge on any atom is 0.271 e. The first-order chi connectivity index (χ1) is 7.43. The number of hydrogen-bond acceptors (Lipinski definition) is 4. The standard InChI is InChI=1S/C11H17NO3S/c1-12(2)8-10-4-6-11(7-5-10)9-16(13,14)15-3/h4-7H,8-9H2,1-3H3. The van der Waals surface area contributed by atoms with E-state index in [1.54, 1.807) is 0 Å². The van der Waals surface area contributed by atoms with Crippen molar-refractivity contribution in [2.45, 2.75) is 12.3 Å². The summed E-state index contributed by atoms with van der Waals surface area (Å²) in [5.41, 5.74) is 1.90. The van der Waals surface area contributed by atoms with E-state index in [1.165, 1.54) is 7.11 Å². The number of nitrogens with zero attached hydrogens (tertiary/aromatic N) is 1. The molecule has 0 aliphatic heterocycles. The Kier molecular flexibility index (Phi) is 4.46. The van der Waals surface area contributed by atoms with Crippen molar-refractivity contribution in [2.24, 2.45) is 0 Å². The zero-order valence-corrected chi connectivity index (χ0v) is 10.6. The van der Waals surface area contributed by atoms with Crippen LogP contribution >= 0.6 is 0 Å². The van der Waals surface area contributed by atoms with Crippen LogP contribution in [0.15, 0.2) is 24.3 Å². The van der Waals surface area contributed by atoms with E-state index in [-0.39, 0.29) is 5.75 Å². The second-order valence-electron chi connectivity index (χ2n) is 3.92. The molecule has 0 amide bonds. The average Bonchev–Trinajstić information content (AvgIpc) is 2.20. The first-order valence-corrected chi connectivity index (χ1v) is 6.51. The van der Waals surface area contributed by atoms with Crippen LogP contribution in [0.4, 0.5) is 0 Å². The highest BCUT2D eigenvalue weighted by Crippen LogP contribution is 2.10. The minimum atomic E-state index is -3.42. The van der Waals surface area contributed by atoms with Crippen LogP contribution < -0.4 is 0 Å². The Labute approximate surface area is 97.0 Å². The molecule has 0 spiro atoms. The Bertz CT molecular complexity index is 423. The zero-order valence-electron chi connectivity index (χ0n) is 9.80. The SMILES string of the molecule is COS(=O)(=O)Cc1ccc(CN(C)C)cc1. The fraction of sp³-hybridized carbons (Fsp3) is 0.455. The molecule has 90 valence electrons. The van der Waals surface area contributed by atoms with Crippen molar-refractivity contribution in [1.82, 2.24) is 4.90 Å². The van der Waals surface area contributed by atoms with Crippen LogP contribution in [0.5, 0.6) is 0 Å². The maximum absolute atomic E-state index is 11.2. The van der Waals surface area contributed by atoms with Crippen LogP contribution in [-0.4, -0.2) is 34.5 Å². The predicted octanol–water partition coefficient (Wildman–Crippen LogP) is 1.22. The molecule has 1 rings (SSSR count). The van der Waals surface area contributed by atoms with Crippen molar-refractivity contribution in [1.29, 1.82) is 0 Å². The Hall–Kier alpha value is -0.910. The van der Waals surface area contributed by atoms with Gasteiger partial charge < -0.3 is 4.90 Å². The highest BCUT2D eigenvalue weighted by Gasteiger charge is 2.09. The smallest absolute Gasteiger partial charge is 0.271 e. The van der Waals surface area contributed by atoms with E-state index in [2.05, 4.69) is 9.08 Å². The molecule has 0 unspecified atom stereocenters. The molecule has 0 aliphatic carbocycles. The summed E-state index contributed by atoms with van der Waals surface area (Å²) in [7, 11) is 1.74. The third-order valence-corrected chi connectivity index (χ3v) is 3.31. The van der Waals surface area contributed by atoms with Crippen LogP contribution in [-0.2, 0) is 26.6 Å². The van der Waals surface area contributed by atoms with Crippen molar-refractivity contribution in [3.63, 3.8) is 0 Å². The van der Waals surface area contributed by atoms with Gasteiger partial charge in [-0.25, -0.2) is 0 Å². The normalized spacial score (nSPS) is 12.0. The van der Waals surface area contributed by atoms with Crippen molar-refractivity contribution >= 4 is 10.1 Å². The molecule has 5 heteroatoms. The van der Waals surface area contributed by atoms with Gasteiger partial charge in [-0.15, -0.1) is 0 Å². The van der Waals surface area contributed by atoms with Crippen molar-refractivity contribution in [2.75, 3.05) is 21.2 Å². The minimum absolute atomic E-state index is 0.0776. The van der Waals surface area contributed by atoms with Crippen LogP contribution in [0.2, 0.25) is 0 Å². The van der Waals surface area contributed by atoms with Gasteiger partial charge in [0.15, 0.2) is 0 Å². The monoisotopic (exact) mass is 243 g/mol. The molecule has 0 atom stereocenters. The summed E-state index contributed by atoms with van der Waals surface area (Å²) in [5, 5.41) is 0. The van der Waals surface area contributed by atoms with Crippen molar-refractivity contribution in [3.8, 4) is 0 Å². The van der Waals surface area contributed by atoms with E-state index >= 15 is 0 Å². The first-order valence-electron chi connectivity index (χ1n) is 4.94. The van der Waals surface area contributed by atoms with Gasteiger partial charge in [0.05, 0.1) is 7.11 Å². The third kappa shape index (κ3) is 4.30. The summed E-state index contributed by atoms with van der Waals surface area (Å²) in [6.07, 6.45) is 0. The van der Waals surface area contributed by atoms with Gasteiger partial charge in [-0.3, -0.25) is 4.18 Å². The molecule has 0 aromatic heterocycles. The Balaban J connectivity index is 2.72. The summed E-state index contributed by atoms with van der Waals surface area (Å²) in [5.74, 6) is -0.0776. The minimum Gasteiger partial charge on any atom is -0.305 e. The largest absolute Gasteiger partial charge is 0.305 e. The van der Waals surface area contributed by atoms with Crippen LogP contribution in [0.25, 0.3) is 0 Å². The van der Waals surface area contributed by atoms with E-state index in [4.69, 9.17) is 0 Å². The molecule has 0 saturated carbocycles. The number of benzene rings is 1. The van der Waals surface area contributed by atoms with Crippen LogP contribution in [0.1, 0.15) is 11.1 Å². The molecular weight excluding hydrogens is 226 g/mol. The van der Waals surface area contributed by atoms with E-state index in [0.29, 0.717) is 0 Å². The molecular formula is C11H17NO3S. The molecule has 0 heterocycles. The van der Waals surface area contributed by atoms with E-state index in [9.17, 15) is 8.42 Å². The molecule has 0 fully saturated rings. The summed E-state index contributed by atoms with van der Waals surface area (Å²) in [6, 6.07) is 7.49. The summed E-state index contributed by atoms with van der Waals surface area (Å²) < 4.78 is 26.8. The Morgan fingerprint density at radius 1 is 1.12 bits per heavy atom. The van der Waals surface area contributed by atoms with Crippen LogP contribution in [0, 0.1) is 0 Å². The van der Waals surface area contributed by atoms with Gasteiger partial charge in [-0.2, -0.15) is 8.42 Å². The van der Waals surface area contributed by atoms with Gasteiger partial charge in [0.1, 0.15) is 5.75 Å². The fourth-order valence-corrected chi connectivity index (χ4v) is 2.09. The summed E-state index contributed by atoms with van der Waals surface area (Å²) in [4.78, 5) is 2.06. The quantitative estimate of drug-likeness (QED) is 0.730. The van der Waals surface area contributed by atoms with Gasteiger partial charge in [0.25, 0.3) is 10.1 Å². The van der Waals surface area contributed by atoms with Crippen molar-refractivity contribution in [3.05, 3.63) is 35.4 Å². The van der Waals surface area contributed by atoms with Gasteiger partial charge in [-0.1, -0.05) is 24.3 Å². The summed E-state index contributed by atoms with van der Waals surface area (Å²) >= 11 is 0. The van der Waals surface area contributed by atoms with E-state index in [0.717, 1.165) is 17.7 Å². The highest BCUT2D eigenvalue weighted by molar-refractivity contribution is 7.85. The van der Waals surface area contributed by atoms with Gasteiger partial charge in [-0.05, 0) is 25.2 Å². The lowest BCUT2D eigenvalue weighted by Crippen LogP contribution is -2.10. The molecule has 1 aromatic carbocycles. The second-order valence-corrected chi connectivity index (χ2v) is 5.66. The van der Waals surface area contributed by atoms with Crippen LogP contribution in [0.3, 0.4) is 0 Å². The predicted molar refractivity (Wildman–Crippen MR) is 63.5 cm³/mol. The molecule has 0 N–H and O–H groups in total. The molecule has 0 radical (unpaired) electrons. The highest BCUT2D eigenvalue weighted by atomic mass is 32.2. The Morgan fingerprint density at radius 3 is 2.06 bits per heavy atom. The van der Waals surface area contributed by atoms with E-state index in [1.807, 2.05) is 38.4 Å². The van der Waals surface area contributed by atoms with Gasteiger partial charge >= 0.3 is 0 Å². The second kappa shape index (κ2) is 5.43.